The highest BCUT2D eigenvalue weighted by molar-refractivity contribution is 5.93. The van der Waals surface area contributed by atoms with E-state index in [1.807, 2.05) is 6.07 Å². The summed E-state index contributed by atoms with van der Waals surface area (Å²) in [6.45, 7) is 1.91. The zero-order valence-electron chi connectivity index (χ0n) is 14.8. The summed E-state index contributed by atoms with van der Waals surface area (Å²) in [4.78, 5) is 26.6. The second-order valence-electron chi connectivity index (χ2n) is 7.90. The van der Waals surface area contributed by atoms with Crippen LogP contribution in [0.25, 0.3) is 0 Å². The summed E-state index contributed by atoms with van der Waals surface area (Å²) in [6, 6.07) is 3.65. The van der Waals surface area contributed by atoms with Crippen molar-refractivity contribution in [1.29, 1.82) is 0 Å². The third-order valence-electron chi connectivity index (χ3n) is 5.78. The molecular weight excluding hydrogens is 330 g/mol. The fourth-order valence-electron chi connectivity index (χ4n) is 4.04. The summed E-state index contributed by atoms with van der Waals surface area (Å²) in [5.74, 6) is 0.831. The summed E-state index contributed by atoms with van der Waals surface area (Å²) in [7, 11) is 0. The SMILES string of the molecule is O=C(c1cc(C2CC2)[nH]n1)N1CC(Cn2nc3c(cc2=O)CCCC3)C1. The van der Waals surface area contributed by atoms with Gasteiger partial charge in [0.05, 0.1) is 12.2 Å². The van der Waals surface area contributed by atoms with Crippen LogP contribution in [0.1, 0.15) is 59.0 Å². The van der Waals surface area contributed by atoms with Gasteiger partial charge in [-0.05, 0) is 50.2 Å². The van der Waals surface area contributed by atoms with Crippen molar-refractivity contribution in [3.63, 3.8) is 0 Å². The van der Waals surface area contributed by atoms with E-state index in [4.69, 9.17) is 0 Å². The van der Waals surface area contributed by atoms with Gasteiger partial charge in [-0.1, -0.05) is 0 Å². The molecule has 2 aromatic heterocycles. The molecule has 0 radical (unpaired) electrons. The van der Waals surface area contributed by atoms with E-state index in [0.29, 0.717) is 31.2 Å². The van der Waals surface area contributed by atoms with Crippen molar-refractivity contribution in [1.82, 2.24) is 24.9 Å². The van der Waals surface area contributed by atoms with Crippen LogP contribution < -0.4 is 5.56 Å². The van der Waals surface area contributed by atoms with Gasteiger partial charge in [-0.2, -0.15) is 10.2 Å². The van der Waals surface area contributed by atoms with Crippen molar-refractivity contribution in [2.24, 2.45) is 5.92 Å². The quantitative estimate of drug-likeness (QED) is 0.903. The Bertz CT molecular complexity index is 905. The van der Waals surface area contributed by atoms with Crippen LogP contribution in [0.15, 0.2) is 16.9 Å². The molecular formula is C19H23N5O2. The highest BCUT2D eigenvalue weighted by atomic mass is 16.2. The molecule has 2 fully saturated rings. The molecule has 5 rings (SSSR count). The lowest BCUT2D eigenvalue weighted by Gasteiger charge is -2.38. The van der Waals surface area contributed by atoms with Crippen LogP contribution in [-0.4, -0.2) is 43.9 Å². The summed E-state index contributed by atoms with van der Waals surface area (Å²) in [5, 5.41) is 11.7. The molecule has 2 aliphatic carbocycles. The molecule has 7 nitrogen and oxygen atoms in total. The average molecular weight is 353 g/mol. The Labute approximate surface area is 151 Å². The van der Waals surface area contributed by atoms with Gasteiger partial charge in [0, 0.05) is 36.7 Å². The molecule has 0 unspecified atom stereocenters. The first-order valence-electron chi connectivity index (χ1n) is 9.62. The predicted molar refractivity (Wildman–Crippen MR) is 95.1 cm³/mol. The molecule has 1 saturated heterocycles. The van der Waals surface area contributed by atoms with Crippen LogP contribution in [0, 0.1) is 5.92 Å². The van der Waals surface area contributed by atoms with E-state index in [1.165, 1.54) is 12.8 Å². The number of aryl methyl sites for hydroxylation is 2. The number of nitrogens with one attached hydrogen (secondary N) is 1. The van der Waals surface area contributed by atoms with Gasteiger partial charge in [0.1, 0.15) is 5.69 Å². The summed E-state index contributed by atoms with van der Waals surface area (Å²) in [5.41, 5.74) is 3.77. The van der Waals surface area contributed by atoms with E-state index in [1.54, 1.807) is 15.6 Å². The first-order valence-corrected chi connectivity index (χ1v) is 9.62. The minimum atomic E-state index is -0.0184. The van der Waals surface area contributed by atoms with Gasteiger partial charge >= 0.3 is 0 Å². The van der Waals surface area contributed by atoms with E-state index in [2.05, 4.69) is 15.3 Å². The van der Waals surface area contributed by atoms with Crippen LogP contribution in [0.4, 0.5) is 0 Å². The number of likely N-dealkylation sites (tertiary alicyclic amines) is 1. The highest BCUT2D eigenvalue weighted by Crippen LogP contribution is 2.39. The van der Waals surface area contributed by atoms with E-state index in [9.17, 15) is 9.59 Å². The number of aromatic amines is 1. The molecule has 7 heteroatoms. The number of rotatable bonds is 4. The van der Waals surface area contributed by atoms with Crippen molar-refractivity contribution in [2.75, 3.05) is 13.1 Å². The third-order valence-corrected chi connectivity index (χ3v) is 5.78. The molecule has 0 bridgehead atoms. The Kier molecular flexibility index (Phi) is 3.69. The molecule has 0 aromatic carbocycles. The monoisotopic (exact) mass is 353 g/mol. The molecule has 1 N–H and O–H groups in total. The molecule has 3 aliphatic rings. The van der Waals surface area contributed by atoms with Crippen molar-refractivity contribution in [3.8, 4) is 0 Å². The zero-order chi connectivity index (χ0) is 17.7. The van der Waals surface area contributed by atoms with Gasteiger partial charge in [-0.15, -0.1) is 0 Å². The minimum Gasteiger partial charge on any atom is -0.336 e. The zero-order valence-corrected chi connectivity index (χ0v) is 14.8. The molecule has 0 spiro atoms. The van der Waals surface area contributed by atoms with Gasteiger partial charge in [0.15, 0.2) is 0 Å². The van der Waals surface area contributed by atoms with Crippen molar-refractivity contribution >= 4 is 5.91 Å². The fourth-order valence-corrected chi connectivity index (χ4v) is 4.04. The maximum atomic E-state index is 12.5. The number of carbonyl (C=O) groups excluding carboxylic acids is 1. The van der Waals surface area contributed by atoms with Crippen LogP contribution in [0.3, 0.4) is 0 Å². The lowest BCUT2D eigenvalue weighted by atomic mass is 9.96. The summed E-state index contributed by atoms with van der Waals surface area (Å²) >= 11 is 0. The van der Waals surface area contributed by atoms with E-state index in [0.717, 1.165) is 42.6 Å². The van der Waals surface area contributed by atoms with Crippen molar-refractivity contribution in [3.05, 3.63) is 45.1 Å². The van der Waals surface area contributed by atoms with Crippen molar-refractivity contribution < 1.29 is 4.79 Å². The number of amides is 1. The number of hydrogen-bond acceptors (Lipinski definition) is 4. The molecule has 1 amide bonds. The second-order valence-corrected chi connectivity index (χ2v) is 7.90. The number of hydrogen-bond donors (Lipinski definition) is 1. The first kappa shape index (κ1) is 15.8. The van der Waals surface area contributed by atoms with Crippen LogP contribution in [0.2, 0.25) is 0 Å². The summed E-state index contributed by atoms with van der Waals surface area (Å²) in [6.07, 6.45) is 6.60. The Morgan fingerprint density at radius 1 is 1.19 bits per heavy atom. The number of aromatic nitrogens is 4. The van der Waals surface area contributed by atoms with Gasteiger partial charge in [0.25, 0.3) is 11.5 Å². The Balaban J connectivity index is 1.21. The highest BCUT2D eigenvalue weighted by Gasteiger charge is 2.34. The number of H-pyrrole nitrogens is 1. The lowest BCUT2D eigenvalue weighted by molar-refractivity contribution is 0.0452. The minimum absolute atomic E-state index is 0.0168. The fraction of sp³-hybridized carbons (Fsp3) is 0.579. The topological polar surface area (TPSA) is 83.9 Å². The van der Waals surface area contributed by atoms with Crippen LogP contribution in [-0.2, 0) is 19.4 Å². The van der Waals surface area contributed by atoms with Crippen molar-refractivity contribution in [2.45, 2.75) is 51.0 Å². The molecule has 1 aliphatic heterocycles. The number of nitrogens with zero attached hydrogens (tertiary/aromatic N) is 4. The second kappa shape index (κ2) is 6.07. The largest absolute Gasteiger partial charge is 0.336 e. The molecule has 3 heterocycles. The maximum absolute atomic E-state index is 12.5. The third kappa shape index (κ3) is 2.85. The average Bonchev–Trinajstić information content (AvgIpc) is 3.34. The van der Waals surface area contributed by atoms with Gasteiger partial charge < -0.3 is 4.90 Å². The van der Waals surface area contributed by atoms with E-state index < -0.39 is 0 Å². The van der Waals surface area contributed by atoms with Gasteiger partial charge in [0.2, 0.25) is 0 Å². The smallest absolute Gasteiger partial charge is 0.274 e. The Hall–Kier alpha value is -2.44. The molecule has 1 saturated carbocycles. The van der Waals surface area contributed by atoms with Gasteiger partial charge in [-0.3, -0.25) is 14.7 Å². The predicted octanol–water partition coefficient (Wildman–Crippen LogP) is 1.49. The van der Waals surface area contributed by atoms with E-state index >= 15 is 0 Å². The summed E-state index contributed by atoms with van der Waals surface area (Å²) < 4.78 is 1.59. The van der Waals surface area contributed by atoms with E-state index in [-0.39, 0.29) is 17.4 Å². The number of carbonyl (C=O) groups is 1. The maximum Gasteiger partial charge on any atom is 0.274 e. The first-order chi connectivity index (χ1) is 12.7. The molecule has 2 aromatic rings. The Morgan fingerprint density at radius 2 is 2.00 bits per heavy atom. The number of fused-ring (bicyclic) bond motifs is 1. The Morgan fingerprint density at radius 3 is 2.81 bits per heavy atom. The molecule has 26 heavy (non-hydrogen) atoms. The lowest BCUT2D eigenvalue weighted by Crippen LogP contribution is -2.52. The molecule has 136 valence electrons. The normalized spacial score (nSPS) is 19.9. The molecule has 0 atom stereocenters. The van der Waals surface area contributed by atoms with Crippen LogP contribution >= 0.6 is 0 Å². The van der Waals surface area contributed by atoms with Gasteiger partial charge in [-0.25, -0.2) is 4.68 Å². The standard InChI is InChI=1S/C19H23N5O2/c25-18-7-14-3-1-2-4-15(14)22-24(18)11-12-9-23(10-12)19(26)17-8-16(20-21-17)13-5-6-13/h7-8,12-13H,1-6,9-11H2,(H,20,21). The van der Waals surface area contributed by atoms with Crippen LogP contribution in [0.5, 0.6) is 0 Å².